The predicted molar refractivity (Wildman–Crippen MR) is 52.8 cm³/mol. The van der Waals surface area contributed by atoms with Crippen LogP contribution in [-0.2, 0) is 9.53 Å². The van der Waals surface area contributed by atoms with Crippen molar-refractivity contribution in [3.05, 3.63) is 11.1 Å². The Bertz CT molecular complexity index is 352. The first kappa shape index (κ1) is 10.9. The Morgan fingerprint density at radius 1 is 1.71 bits per heavy atom. The normalized spacial score (nSPS) is 9.57. The molecular weight excluding hydrogens is 228 g/mol. The average Bonchev–Trinajstić information content (AvgIpc) is 2.64. The maximum Gasteiger partial charge on any atom is 0.359 e. The molecule has 0 aliphatic rings. The Balaban J connectivity index is 2.82. The van der Waals surface area contributed by atoms with E-state index in [0.29, 0.717) is 5.69 Å². The molecule has 0 aliphatic heterocycles. The molecule has 0 aromatic carbocycles. The van der Waals surface area contributed by atoms with Crippen molar-refractivity contribution in [1.82, 2.24) is 4.37 Å². The van der Waals surface area contributed by atoms with Gasteiger partial charge in [-0.05, 0) is 11.5 Å². The molecule has 1 amide bonds. The molecule has 1 heterocycles. The minimum atomic E-state index is -0.587. The molecule has 0 atom stereocenters. The van der Waals surface area contributed by atoms with Gasteiger partial charge in [-0.15, -0.1) is 11.6 Å². The van der Waals surface area contributed by atoms with E-state index in [1.807, 2.05) is 0 Å². The van der Waals surface area contributed by atoms with Gasteiger partial charge >= 0.3 is 5.97 Å². The lowest BCUT2D eigenvalue weighted by atomic mass is 10.3. The van der Waals surface area contributed by atoms with Crippen LogP contribution in [0.5, 0.6) is 0 Å². The lowest BCUT2D eigenvalue weighted by molar-refractivity contribution is -0.113. The summed E-state index contributed by atoms with van der Waals surface area (Å²) in [5.41, 5.74) is 0.420. The van der Waals surface area contributed by atoms with Gasteiger partial charge in [-0.3, -0.25) is 4.79 Å². The molecule has 0 radical (unpaired) electrons. The number of anilines is 1. The van der Waals surface area contributed by atoms with Crippen LogP contribution >= 0.6 is 23.1 Å². The lowest BCUT2D eigenvalue weighted by Crippen LogP contribution is -2.15. The van der Waals surface area contributed by atoms with Crippen LogP contribution in [0.3, 0.4) is 0 Å². The van der Waals surface area contributed by atoms with Crippen molar-refractivity contribution in [2.24, 2.45) is 0 Å². The van der Waals surface area contributed by atoms with E-state index in [0.717, 1.165) is 11.5 Å². The zero-order chi connectivity index (χ0) is 10.6. The van der Waals surface area contributed by atoms with E-state index in [1.165, 1.54) is 12.5 Å². The van der Waals surface area contributed by atoms with Crippen LogP contribution in [0.25, 0.3) is 0 Å². The smallest absolute Gasteiger partial charge is 0.359 e. The summed E-state index contributed by atoms with van der Waals surface area (Å²) in [5, 5.41) is 3.97. The van der Waals surface area contributed by atoms with E-state index in [1.54, 1.807) is 0 Å². The fraction of sp³-hybridized carbons (Fsp3) is 0.286. The Kier molecular flexibility index (Phi) is 3.84. The summed E-state index contributed by atoms with van der Waals surface area (Å²) >= 11 is 6.34. The highest BCUT2D eigenvalue weighted by Crippen LogP contribution is 2.17. The van der Waals surface area contributed by atoms with E-state index in [2.05, 4.69) is 14.4 Å². The molecule has 0 saturated heterocycles. The average molecular weight is 235 g/mol. The van der Waals surface area contributed by atoms with Crippen molar-refractivity contribution in [1.29, 1.82) is 0 Å². The number of carbonyl (C=O) groups is 2. The van der Waals surface area contributed by atoms with Gasteiger partial charge in [0.15, 0.2) is 5.69 Å². The number of alkyl halides is 1. The van der Waals surface area contributed by atoms with Gasteiger partial charge in [-0.1, -0.05) is 0 Å². The molecule has 76 valence electrons. The number of hydrogen-bond donors (Lipinski definition) is 1. The number of amides is 1. The van der Waals surface area contributed by atoms with Crippen LogP contribution in [0.15, 0.2) is 5.38 Å². The molecule has 1 N–H and O–H groups in total. The third-order valence-corrected chi connectivity index (χ3v) is 2.22. The summed E-state index contributed by atoms with van der Waals surface area (Å²) < 4.78 is 8.26. The van der Waals surface area contributed by atoms with E-state index in [4.69, 9.17) is 11.6 Å². The van der Waals surface area contributed by atoms with Gasteiger partial charge in [0.1, 0.15) is 5.88 Å². The first-order chi connectivity index (χ1) is 6.69. The van der Waals surface area contributed by atoms with Gasteiger partial charge in [-0.2, -0.15) is 4.37 Å². The molecule has 14 heavy (non-hydrogen) atoms. The van der Waals surface area contributed by atoms with Crippen molar-refractivity contribution in [2.75, 3.05) is 18.3 Å². The van der Waals surface area contributed by atoms with Gasteiger partial charge in [-0.25, -0.2) is 4.79 Å². The summed E-state index contributed by atoms with van der Waals surface area (Å²) in [6.07, 6.45) is 0. The van der Waals surface area contributed by atoms with E-state index >= 15 is 0 Å². The molecule has 1 aromatic rings. The molecule has 7 heteroatoms. The van der Waals surface area contributed by atoms with E-state index < -0.39 is 11.9 Å². The fourth-order valence-electron chi connectivity index (χ4n) is 0.753. The maximum absolute atomic E-state index is 11.1. The minimum absolute atomic E-state index is 0.0935. The number of aromatic nitrogens is 1. The second-order valence-corrected chi connectivity index (χ2v) is 3.15. The summed E-state index contributed by atoms with van der Waals surface area (Å²) in [4.78, 5) is 22.0. The van der Waals surface area contributed by atoms with Gasteiger partial charge in [0.25, 0.3) is 0 Å². The Hall–Kier alpha value is -1.14. The largest absolute Gasteiger partial charge is 0.464 e. The monoisotopic (exact) mass is 234 g/mol. The van der Waals surface area contributed by atoms with E-state index in [-0.39, 0.29) is 11.6 Å². The summed E-state index contributed by atoms with van der Waals surface area (Å²) in [5.74, 6) is -1.15. The number of esters is 1. The first-order valence-electron chi connectivity index (χ1n) is 3.57. The highest BCUT2D eigenvalue weighted by atomic mass is 35.5. The second kappa shape index (κ2) is 4.92. The molecule has 1 rings (SSSR count). The van der Waals surface area contributed by atoms with Crippen LogP contribution in [0.2, 0.25) is 0 Å². The van der Waals surface area contributed by atoms with Crippen molar-refractivity contribution < 1.29 is 14.3 Å². The van der Waals surface area contributed by atoms with Gasteiger partial charge in [0, 0.05) is 5.38 Å². The summed E-state index contributed by atoms with van der Waals surface area (Å²) in [6, 6.07) is 0. The zero-order valence-corrected chi connectivity index (χ0v) is 8.82. The Labute approximate surface area is 89.2 Å². The topological polar surface area (TPSA) is 68.3 Å². The number of ether oxygens (including phenoxy) is 1. The number of hydrogen-bond acceptors (Lipinski definition) is 5. The molecule has 0 unspecified atom stereocenters. The zero-order valence-electron chi connectivity index (χ0n) is 7.24. The predicted octanol–water partition coefficient (Wildman–Crippen LogP) is 1.11. The van der Waals surface area contributed by atoms with Gasteiger partial charge in [0.05, 0.1) is 12.8 Å². The van der Waals surface area contributed by atoms with Crippen LogP contribution in [0.4, 0.5) is 5.69 Å². The van der Waals surface area contributed by atoms with E-state index in [9.17, 15) is 9.59 Å². The van der Waals surface area contributed by atoms with Crippen LogP contribution in [0.1, 0.15) is 10.5 Å². The number of nitrogens with zero attached hydrogens (tertiary/aromatic N) is 1. The number of carbonyl (C=O) groups excluding carboxylic acids is 2. The molecule has 5 nitrogen and oxygen atoms in total. The maximum atomic E-state index is 11.1. The highest BCUT2D eigenvalue weighted by Gasteiger charge is 2.16. The molecule has 0 spiro atoms. The van der Waals surface area contributed by atoms with Crippen molar-refractivity contribution in [3.63, 3.8) is 0 Å². The molecule has 1 aromatic heterocycles. The second-order valence-electron chi connectivity index (χ2n) is 2.25. The standard InChI is InChI=1S/C7H7ClN2O3S/c1-13-7(12)6-4(3-14-10-6)9-5(11)2-8/h3H,2H2,1H3,(H,9,11). The first-order valence-corrected chi connectivity index (χ1v) is 4.94. The molecule has 0 fully saturated rings. The number of methoxy groups -OCH3 is 1. The van der Waals surface area contributed by atoms with Gasteiger partial charge in [0.2, 0.25) is 5.91 Å². The highest BCUT2D eigenvalue weighted by molar-refractivity contribution is 7.04. The third-order valence-electron chi connectivity index (χ3n) is 1.34. The lowest BCUT2D eigenvalue weighted by Gasteiger charge is -2.01. The number of halogens is 1. The molecule has 0 saturated carbocycles. The molecular formula is C7H7ClN2O3S. The van der Waals surface area contributed by atoms with Gasteiger partial charge < -0.3 is 10.1 Å². The van der Waals surface area contributed by atoms with Crippen LogP contribution in [0, 0.1) is 0 Å². The SMILES string of the molecule is COC(=O)c1nscc1NC(=O)CCl. The number of rotatable bonds is 3. The number of nitrogens with one attached hydrogen (secondary N) is 1. The minimum Gasteiger partial charge on any atom is -0.464 e. The fourth-order valence-corrected chi connectivity index (χ4v) is 1.43. The Morgan fingerprint density at radius 3 is 3.00 bits per heavy atom. The summed E-state index contributed by atoms with van der Waals surface area (Å²) in [7, 11) is 1.24. The molecule has 0 aliphatic carbocycles. The van der Waals surface area contributed by atoms with Crippen LogP contribution in [-0.4, -0.2) is 29.2 Å². The third kappa shape index (κ3) is 2.43. The van der Waals surface area contributed by atoms with Crippen molar-refractivity contribution >= 4 is 40.7 Å². The summed E-state index contributed by atoms with van der Waals surface area (Å²) in [6.45, 7) is 0. The van der Waals surface area contributed by atoms with Crippen LogP contribution < -0.4 is 5.32 Å². The Morgan fingerprint density at radius 2 is 2.43 bits per heavy atom. The quantitative estimate of drug-likeness (QED) is 0.628. The van der Waals surface area contributed by atoms with Crippen molar-refractivity contribution in [3.8, 4) is 0 Å². The molecule has 0 bridgehead atoms. The van der Waals surface area contributed by atoms with Crippen molar-refractivity contribution in [2.45, 2.75) is 0 Å².